The Morgan fingerprint density at radius 1 is 0.235 bits per heavy atom. The highest BCUT2D eigenvalue weighted by molar-refractivity contribution is 6.12. The molecule has 0 unspecified atom stereocenters. The van der Waals surface area contributed by atoms with Crippen molar-refractivity contribution in [3.8, 4) is 78.9 Å². The molecule has 5 nitrogen and oxygen atoms in total. The summed E-state index contributed by atoms with van der Waals surface area (Å²) in [5.74, 6) is 1.74. The molecule has 0 N–H and O–H groups in total. The van der Waals surface area contributed by atoms with Crippen LogP contribution in [-0.4, -0.2) is 24.1 Å². The fourth-order valence-electron chi connectivity index (χ4n) is 9.91. The molecule has 0 aliphatic heterocycles. The molecule has 68 heavy (non-hydrogen) atoms. The SMILES string of the molecule is c1ccc(-c2ccc(-c3ccc4c(c3)c3cc(-c5ccc(-c6ccccc6)cc5)ccc3n4-c3nc(-c4ccccc4)nc(-c4ccccc4-n4c5ccccc5c5ccccc54)n3)cc2)cc1. The van der Waals surface area contributed by atoms with E-state index in [9.17, 15) is 0 Å². The van der Waals surface area contributed by atoms with Crippen LogP contribution < -0.4 is 0 Å². The first kappa shape index (κ1) is 39.2. The Morgan fingerprint density at radius 2 is 0.603 bits per heavy atom. The number of benzene rings is 10. The number of para-hydroxylation sites is 3. The molecule has 13 rings (SSSR count). The summed E-state index contributed by atoms with van der Waals surface area (Å²) in [6.07, 6.45) is 0. The van der Waals surface area contributed by atoms with Crippen molar-refractivity contribution < 1.29 is 0 Å². The second-order valence-corrected chi connectivity index (χ2v) is 17.2. The van der Waals surface area contributed by atoms with Gasteiger partial charge in [-0.25, -0.2) is 4.98 Å². The predicted octanol–water partition coefficient (Wildman–Crippen LogP) is 16.1. The Kier molecular flexibility index (Phi) is 9.43. The Morgan fingerprint density at radius 3 is 1.12 bits per heavy atom. The first-order valence-corrected chi connectivity index (χ1v) is 23.0. The van der Waals surface area contributed by atoms with Crippen molar-refractivity contribution >= 4 is 43.6 Å². The van der Waals surface area contributed by atoms with Crippen LogP contribution in [0.15, 0.2) is 249 Å². The molecular weight excluding hydrogens is 827 g/mol. The number of aromatic nitrogens is 5. The van der Waals surface area contributed by atoms with Crippen LogP contribution in [0.2, 0.25) is 0 Å². The lowest BCUT2D eigenvalue weighted by Gasteiger charge is -2.15. The lowest BCUT2D eigenvalue weighted by atomic mass is 9.97. The highest BCUT2D eigenvalue weighted by Crippen LogP contribution is 2.40. The van der Waals surface area contributed by atoms with E-state index in [1.807, 2.05) is 18.2 Å². The Labute approximate surface area is 393 Å². The minimum Gasteiger partial charge on any atom is -0.309 e. The summed E-state index contributed by atoms with van der Waals surface area (Å²) in [4.78, 5) is 16.1. The predicted molar refractivity (Wildman–Crippen MR) is 281 cm³/mol. The Hall–Kier alpha value is -9.19. The van der Waals surface area contributed by atoms with Gasteiger partial charge < -0.3 is 4.57 Å². The van der Waals surface area contributed by atoms with E-state index in [0.717, 1.165) is 71.9 Å². The quantitative estimate of drug-likeness (QED) is 0.153. The van der Waals surface area contributed by atoms with Crippen LogP contribution in [0.25, 0.3) is 123 Å². The van der Waals surface area contributed by atoms with Crippen LogP contribution in [0.4, 0.5) is 0 Å². The van der Waals surface area contributed by atoms with E-state index in [1.54, 1.807) is 0 Å². The molecule has 0 spiro atoms. The molecule has 0 bridgehead atoms. The van der Waals surface area contributed by atoms with Crippen molar-refractivity contribution in [3.63, 3.8) is 0 Å². The largest absolute Gasteiger partial charge is 0.309 e. The molecule has 0 amide bonds. The second kappa shape index (κ2) is 16.4. The summed E-state index contributed by atoms with van der Waals surface area (Å²) in [7, 11) is 0. The van der Waals surface area contributed by atoms with E-state index in [1.165, 1.54) is 33.0 Å². The zero-order valence-corrected chi connectivity index (χ0v) is 36.9. The number of hydrogen-bond donors (Lipinski definition) is 0. The molecule has 0 saturated carbocycles. The van der Waals surface area contributed by atoms with Crippen LogP contribution in [0.3, 0.4) is 0 Å². The molecule has 13 aromatic rings. The van der Waals surface area contributed by atoms with Crippen molar-refractivity contribution in [3.05, 3.63) is 249 Å². The standard InChI is InChI=1S/C63H41N5/c1-4-16-42(17-5-1)44-28-32-46(33-29-44)49-36-38-59-54(40-49)55-41-50(47-34-30-45(31-35-47)43-18-6-2-7-19-43)37-39-60(55)68(59)63-65-61(48-20-8-3-9-21-48)64-62(66-63)53-24-12-15-27-58(53)67-56-25-13-10-22-51(56)52-23-11-14-26-57(52)67/h1-41H. The summed E-state index contributed by atoms with van der Waals surface area (Å²) >= 11 is 0. The van der Waals surface area contributed by atoms with Gasteiger partial charge in [0.2, 0.25) is 5.95 Å². The lowest BCUT2D eigenvalue weighted by Crippen LogP contribution is -2.07. The molecule has 3 aromatic heterocycles. The molecule has 10 aromatic carbocycles. The van der Waals surface area contributed by atoms with Gasteiger partial charge in [0, 0.05) is 32.7 Å². The van der Waals surface area contributed by atoms with E-state index in [-0.39, 0.29) is 0 Å². The topological polar surface area (TPSA) is 48.5 Å². The number of fused-ring (bicyclic) bond motifs is 6. The van der Waals surface area contributed by atoms with Gasteiger partial charge in [-0.2, -0.15) is 9.97 Å². The van der Waals surface area contributed by atoms with E-state index in [4.69, 9.17) is 15.0 Å². The third-order valence-corrected chi connectivity index (χ3v) is 13.2. The number of nitrogens with zero attached hydrogens (tertiary/aromatic N) is 5. The number of hydrogen-bond acceptors (Lipinski definition) is 3. The molecule has 0 fully saturated rings. The van der Waals surface area contributed by atoms with Crippen molar-refractivity contribution in [2.45, 2.75) is 0 Å². The zero-order valence-electron chi connectivity index (χ0n) is 36.9. The first-order valence-electron chi connectivity index (χ1n) is 23.0. The van der Waals surface area contributed by atoms with Gasteiger partial charge in [-0.3, -0.25) is 4.57 Å². The summed E-state index contributed by atoms with van der Waals surface area (Å²) in [6.45, 7) is 0. The Balaban J connectivity index is 1.02. The maximum atomic E-state index is 5.47. The van der Waals surface area contributed by atoms with Crippen LogP contribution in [0.1, 0.15) is 0 Å². The number of rotatable bonds is 8. The van der Waals surface area contributed by atoms with Gasteiger partial charge in [0.1, 0.15) is 0 Å². The zero-order chi connectivity index (χ0) is 45.0. The molecule has 0 aliphatic carbocycles. The normalized spacial score (nSPS) is 11.5. The molecule has 318 valence electrons. The second-order valence-electron chi connectivity index (χ2n) is 17.2. The summed E-state index contributed by atoms with van der Waals surface area (Å²) in [5, 5.41) is 4.62. The maximum absolute atomic E-state index is 5.47. The molecule has 0 aliphatic rings. The van der Waals surface area contributed by atoms with Gasteiger partial charge in [0.05, 0.1) is 27.8 Å². The van der Waals surface area contributed by atoms with Gasteiger partial charge >= 0.3 is 0 Å². The van der Waals surface area contributed by atoms with Crippen molar-refractivity contribution in [1.82, 2.24) is 24.1 Å². The summed E-state index contributed by atoms with van der Waals surface area (Å²) in [5.41, 5.74) is 16.4. The smallest absolute Gasteiger partial charge is 0.238 e. The van der Waals surface area contributed by atoms with E-state index in [0.29, 0.717) is 17.6 Å². The van der Waals surface area contributed by atoms with E-state index >= 15 is 0 Å². The van der Waals surface area contributed by atoms with Crippen molar-refractivity contribution in [2.75, 3.05) is 0 Å². The van der Waals surface area contributed by atoms with Crippen LogP contribution in [-0.2, 0) is 0 Å². The van der Waals surface area contributed by atoms with Crippen LogP contribution in [0, 0.1) is 0 Å². The molecule has 0 radical (unpaired) electrons. The van der Waals surface area contributed by atoms with Gasteiger partial charge in [-0.05, 0) is 93.0 Å². The minimum atomic E-state index is 0.547. The van der Waals surface area contributed by atoms with E-state index in [2.05, 4.69) is 240 Å². The van der Waals surface area contributed by atoms with Gasteiger partial charge in [0.25, 0.3) is 0 Å². The monoisotopic (exact) mass is 867 g/mol. The molecule has 5 heteroatoms. The van der Waals surface area contributed by atoms with Gasteiger partial charge in [-0.1, -0.05) is 200 Å². The summed E-state index contributed by atoms with van der Waals surface area (Å²) < 4.78 is 4.56. The van der Waals surface area contributed by atoms with Gasteiger partial charge in [0.15, 0.2) is 11.6 Å². The average molecular weight is 868 g/mol. The molecule has 0 atom stereocenters. The highest BCUT2D eigenvalue weighted by atomic mass is 15.2. The highest BCUT2D eigenvalue weighted by Gasteiger charge is 2.22. The fourth-order valence-corrected chi connectivity index (χ4v) is 9.91. The van der Waals surface area contributed by atoms with Crippen LogP contribution >= 0.6 is 0 Å². The third kappa shape index (κ3) is 6.76. The molecular formula is C63H41N5. The first-order chi connectivity index (χ1) is 33.7. The molecule has 3 heterocycles. The third-order valence-electron chi connectivity index (χ3n) is 13.2. The summed E-state index contributed by atoms with van der Waals surface area (Å²) in [6, 6.07) is 88.2. The van der Waals surface area contributed by atoms with Crippen molar-refractivity contribution in [2.24, 2.45) is 0 Å². The molecule has 0 saturated heterocycles. The van der Waals surface area contributed by atoms with Crippen molar-refractivity contribution in [1.29, 1.82) is 0 Å². The Bertz CT molecular complexity index is 3790. The lowest BCUT2D eigenvalue weighted by molar-refractivity contribution is 0.951. The maximum Gasteiger partial charge on any atom is 0.238 e. The minimum absolute atomic E-state index is 0.547. The van der Waals surface area contributed by atoms with Crippen LogP contribution in [0.5, 0.6) is 0 Å². The van der Waals surface area contributed by atoms with E-state index < -0.39 is 0 Å². The average Bonchev–Trinajstić information content (AvgIpc) is 3.94. The fraction of sp³-hybridized carbons (Fsp3) is 0. The van der Waals surface area contributed by atoms with Gasteiger partial charge in [-0.15, -0.1) is 0 Å².